The molecule has 0 bridgehead atoms. The number of rotatable bonds is 9. The molecule has 150 valence electrons. The average Bonchev–Trinajstić information content (AvgIpc) is 2.66. The van der Waals surface area contributed by atoms with Gasteiger partial charge >= 0.3 is 5.97 Å². The number of unbranched alkanes of at least 4 members (excludes halogenated alkanes) is 1. The summed E-state index contributed by atoms with van der Waals surface area (Å²) >= 11 is 0. The Hall–Kier alpha value is -2.82. The number of aryl methyl sites for hydroxylation is 2. The molecule has 0 fully saturated rings. The summed E-state index contributed by atoms with van der Waals surface area (Å²) in [4.78, 5) is 24.5. The van der Waals surface area contributed by atoms with Crippen molar-refractivity contribution in [2.75, 3.05) is 11.9 Å². The molecule has 0 aliphatic rings. The molecule has 1 unspecified atom stereocenters. The van der Waals surface area contributed by atoms with E-state index in [0.717, 1.165) is 24.0 Å². The molecule has 1 N–H and O–H groups in total. The summed E-state index contributed by atoms with van der Waals surface area (Å²) in [6.45, 7) is 8.36. The summed E-state index contributed by atoms with van der Waals surface area (Å²) in [6.07, 6.45) is 1.76. The van der Waals surface area contributed by atoms with E-state index in [1.807, 2.05) is 39.8 Å². The molecular formula is C23H29NO4. The van der Waals surface area contributed by atoms with Crippen LogP contribution in [0, 0.1) is 13.8 Å². The minimum atomic E-state index is -0.597. The van der Waals surface area contributed by atoms with Gasteiger partial charge in [-0.2, -0.15) is 0 Å². The van der Waals surface area contributed by atoms with Crippen LogP contribution >= 0.6 is 0 Å². The summed E-state index contributed by atoms with van der Waals surface area (Å²) in [5.41, 5.74) is 3.25. The van der Waals surface area contributed by atoms with Crippen LogP contribution in [0.1, 0.15) is 54.6 Å². The molecule has 5 nitrogen and oxygen atoms in total. The summed E-state index contributed by atoms with van der Waals surface area (Å²) in [6, 6.07) is 12.6. The van der Waals surface area contributed by atoms with Gasteiger partial charge in [0.25, 0.3) is 5.91 Å². The fourth-order valence-electron chi connectivity index (χ4n) is 2.79. The fourth-order valence-corrected chi connectivity index (χ4v) is 2.79. The number of anilines is 1. The summed E-state index contributed by atoms with van der Waals surface area (Å²) in [7, 11) is 0. The van der Waals surface area contributed by atoms with Crippen molar-refractivity contribution in [2.45, 2.75) is 53.1 Å². The minimum absolute atomic E-state index is 0.222. The molecule has 0 heterocycles. The summed E-state index contributed by atoms with van der Waals surface area (Å²) < 4.78 is 11.1. The van der Waals surface area contributed by atoms with Gasteiger partial charge in [-0.1, -0.05) is 26.3 Å². The lowest BCUT2D eigenvalue weighted by molar-refractivity contribution is -0.122. The Labute approximate surface area is 167 Å². The van der Waals surface area contributed by atoms with Crippen LogP contribution in [0.4, 0.5) is 5.69 Å². The predicted octanol–water partition coefficient (Wildman–Crippen LogP) is 5.06. The number of nitrogens with one attached hydrogen (secondary N) is 1. The molecule has 2 aromatic carbocycles. The predicted molar refractivity (Wildman–Crippen MR) is 111 cm³/mol. The van der Waals surface area contributed by atoms with Gasteiger partial charge < -0.3 is 14.8 Å². The number of benzene rings is 2. The van der Waals surface area contributed by atoms with Gasteiger partial charge in [0.05, 0.1) is 12.2 Å². The smallest absolute Gasteiger partial charge is 0.338 e. The largest absolute Gasteiger partial charge is 0.481 e. The minimum Gasteiger partial charge on any atom is -0.481 e. The number of carbonyl (C=O) groups is 2. The molecule has 1 amide bonds. The standard InChI is InChI=1S/C23H29NO4/c1-5-7-12-27-23(26)18-8-10-19(11-9-18)24-22(25)21(6-2)28-20-14-16(3)13-17(4)15-20/h8-11,13-15,21H,5-7,12H2,1-4H3,(H,24,25). The highest BCUT2D eigenvalue weighted by molar-refractivity contribution is 5.95. The highest BCUT2D eigenvalue weighted by Crippen LogP contribution is 2.19. The molecule has 0 aliphatic carbocycles. The van der Waals surface area contributed by atoms with Crippen LogP contribution in [0.5, 0.6) is 5.75 Å². The molecule has 0 radical (unpaired) electrons. The molecule has 0 aromatic heterocycles. The van der Waals surface area contributed by atoms with E-state index < -0.39 is 6.10 Å². The van der Waals surface area contributed by atoms with E-state index >= 15 is 0 Å². The number of ether oxygens (including phenoxy) is 2. The zero-order valence-electron chi connectivity index (χ0n) is 17.1. The van der Waals surface area contributed by atoms with Gasteiger partial charge in [0.15, 0.2) is 6.10 Å². The van der Waals surface area contributed by atoms with Gasteiger partial charge in [0.1, 0.15) is 5.75 Å². The van der Waals surface area contributed by atoms with Crippen LogP contribution in [-0.4, -0.2) is 24.6 Å². The van der Waals surface area contributed by atoms with E-state index in [4.69, 9.17) is 9.47 Å². The molecule has 1 atom stereocenters. The monoisotopic (exact) mass is 383 g/mol. The zero-order chi connectivity index (χ0) is 20.5. The Morgan fingerprint density at radius 1 is 1.00 bits per heavy atom. The number of esters is 1. The summed E-state index contributed by atoms with van der Waals surface area (Å²) in [5.74, 6) is 0.112. The normalized spacial score (nSPS) is 11.6. The van der Waals surface area contributed by atoms with E-state index in [1.54, 1.807) is 24.3 Å². The van der Waals surface area contributed by atoms with Crippen LogP contribution in [0.2, 0.25) is 0 Å². The first-order valence-electron chi connectivity index (χ1n) is 9.76. The van der Waals surface area contributed by atoms with Crippen molar-refractivity contribution >= 4 is 17.6 Å². The van der Waals surface area contributed by atoms with Crippen LogP contribution in [-0.2, 0) is 9.53 Å². The molecule has 2 aromatic rings. The van der Waals surface area contributed by atoms with Crippen molar-refractivity contribution in [2.24, 2.45) is 0 Å². The molecule has 2 rings (SSSR count). The highest BCUT2D eigenvalue weighted by atomic mass is 16.5. The van der Waals surface area contributed by atoms with Crippen LogP contribution in [0.25, 0.3) is 0 Å². The van der Waals surface area contributed by atoms with E-state index in [1.165, 1.54) is 0 Å². The number of hydrogen-bond donors (Lipinski definition) is 1. The van der Waals surface area contributed by atoms with Crippen molar-refractivity contribution < 1.29 is 19.1 Å². The van der Waals surface area contributed by atoms with Crippen LogP contribution in [0.15, 0.2) is 42.5 Å². The van der Waals surface area contributed by atoms with E-state index in [0.29, 0.717) is 30.0 Å². The van der Waals surface area contributed by atoms with E-state index in [9.17, 15) is 9.59 Å². The van der Waals surface area contributed by atoms with Crippen molar-refractivity contribution in [1.82, 2.24) is 0 Å². The lowest BCUT2D eigenvalue weighted by atomic mass is 10.1. The Balaban J connectivity index is 1.97. The Kier molecular flexibility index (Phi) is 8.05. The lowest BCUT2D eigenvalue weighted by Crippen LogP contribution is -2.32. The SMILES string of the molecule is CCCCOC(=O)c1ccc(NC(=O)C(CC)Oc2cc(C)cc(C)c2)cc1. The highest BCUT2D eigenvalue weighted by Gasteiger charge is 2.19. The van der Waals surface area contributed by atoms with Crippen LogP contribution in [0.3, 0.4) is 0 Å². The van der Waals surface area contributed by atoms with Crippen molar-refractivity contribution in [1.29, 1.82) is 0 Å². The molecular weight excluding hydrogens is 354 g/mol. The number of amides is 1. The van der Waals surface area contributed by atoms with Crippen LogP contribution < -0.4 is 10.1 Å². The number of hydrogen-bond acceptors (Lipinski definition) is 4. The van der Waals surface area contributed by atoms with Crippen molar-refractivity contribution in [3.8, 4) is 5.75 Å². The first-order chi connectivity index (χ1) is 13.4. The van der Waals surface area contributed by atoms with Gasteiger partial charge in [-0.25, -0.2) is 4.79 Å². The third-order valence-electron chi connectivity index (χ3n) is 4.26. The molecule has 28 heavy (non-hydrogen) atoms. The summed E-state index contributed by atoms with van der Waals surface area (Å²) in [5, 5.41) is 2.84. The molecule has 0 aliphatic heterocycles. The van der Waals surface area contributed by atoms with E-state index in [-0.39, 0.29) is 11.9 Å². The second-order valence-corrected chi connectivity index (χ2v) is 6.89. The maximum absolute atomic E-state index is 12.6. The maximum Gasteiger partial charge on any atom is 0.338 e. The van der Waals surface area contributed by atoms with Gasteiger partial charge in [-0.05, 0) is 74.2 Å². The van der Waals surface area contributed by atoms with Gasteiger partial charge in [-0.15, -0.1) is 0 Å². The van der Waals surface area contributed by atoms with Gasteiger partial charge in [0.2, 0.25) is 0 Å². The number of carbonyl (C=O) groups excluding carboxylic acids is 2. The van der Waals surface area contributed by atoms with Gasteiger partial charge in [0, 0.05) is 5.69 Å². The molecule has 5 heteroatoms. The second-order valence-electron chi connectivity index (χ2n) is 6.89. The second kappa shape index (κ2) is 10.5. The third kappa shape index (κ3) is 6.41. The van der Waals surface area contributed by atoms with Gasteiger partial charge in [-0.3, -0.25) is 4.79 Å². The lowest BCUT2D eigenvalue weighted by Gasteiger charge is -2.18. The Bertz CT molecular complexity index is 778. The average molecular weight is 383 g/mol. The van der Waals surface area contributed by atoms with E-state index in [2.05, 4.69) is 11.4 Å². The first-order valence-corrected chi connectivity index (χ1v) is 9.76. The molecule has 0 spiro atoms. The van der Waals surface area contributed by atoms with Crippen molar-refractivity contribution in [3.63, 3.8) is 0 Å². The fraction of sp³-hybridized carbons (Fsp3) is 0.391. The first kappa shape index (κ1) is 21.5. The molecule has 0 saturated heterocycles. The maximum atomic E-state index is 12.6. The molecule has 0 saturated carbocycles. The van der Waals surface area contributed by atoms with Crippen molar-refractivity contribution in [3.05, 3.63) is 59.2 Å². The quantitative estimate of drug-likeness (QED) is 0.486. The topological polar surface area (TPSA) is 64.6 Å². The Morgan fingerprint density at radius 2 is 1.64 bits per heavy atom. The third-order valence-corrected chi connectivity index (χ3v) is 4.26. The Morgan fingerprint density at radius 3 is 2.21 bits per heavy atom. The zero-order valence-corrected chi connectivity index (χ0v) is 17.1.